The van der Waals surface area contributed by atoms with Crippen molar-refractivity contribution in [3.63, 3.8) is 0 Å². The lowest BCUT2D eigenvalue weighted by molar-refractivity contribution is -0.136. The lowest BCUT2D eigenvalue weighted by atomic mass is 10.1. The molecule has 0 spiro atoms. The maximum absolute atomic E-state index is 13.1. The predicted octanol–water partition coefficient (Wildman–Crippen LogP) is 5.03. The first-order valence-electron chi connectivity index (χ1n) is 20.7. The van der Waals surface area contributed by atoms with Gasteiger partial charge in [0.25, 0.3) is 11.8 Å². The largest absolute Gasteiger partial charge is 0.444 e. The Morgan fingerprint density at radius 3 is 2.43 bits per heavy atom. The molecule has 1 aliphatic rings. The van der Waals surface area contributed by atoms with E-state index in [1.807, 2.05) is 18.2 Å². The number of carbonyl (C=O) groups is 5. The van der Waals surface area contributed by atoms with Gasteiger partial charge in [0, 0.05) is 62.5 Å². The molecule has 1 atom stereocenters. The second-order valence-electron chi connectivity index (χ2n) is 15.2. The number of piperidine rings is 1. The number of nitrogens with zero attached hydrogens (tertiary/aromatic N) is 6. The molecule has 340 valence electrons. The van der Waals surface area contributed by atoms with Crippen LogP contribution in [0, 0.1) is 0 Å². The molecule has 0 radical (unpaired) electrons. The number of primary amides is 1. The van der Waals surface area contributed by atoms with E-state index in [0.29, 0.717) is 67.1 Å². The molecule has 0 saturated carbocycles. The van der Waals surface area contributed by atoms with E-state index in [1.165, 1.54) is 38.3 Å². The molecule has 0 aliphatic carbocycles. The van der Waals surface area contributed by atoms with Crippen molar-refractivity contribution in [2.75, 3.05) is 31.7 Å². The molecule has 18 nitrogen and oxygen atoms in total. The van der Waals surface area contributed by atoms with Gasteiger partial charge >= 0.3 is 11.9 Å². The normalized spacial score (nSPS) is 14.2. The van der Waals surface area contributed by atoms with E-state index < -0.39 is 36.4 Å². The number of nitrogens with two attached hydrogens (primary N) is 1. The summed E-state index contributed by atoms with van der Waals surface area (Å²) in [7, 11) is 1.66. The Bertz CT molecular complexity index is 2790. The van der Waals surface area contributed by atoms with E-state index in [9.17, 15) is 41.9 Å². The summed E-state index contributed by atoms with van der Waals surface area (Å²) in [5.41, 5.74) is 8.51. The SMILES string of the molecule is Cn1c(=O)n(C2CCC(=O)NC2=O)c2ccc(CCCOCCOCCCC(=O)c3ccc(-n4cc(NC(=O)c5coc(-c6ccnc(CCC(F)(F)F)c6)n5)c(C(N)=O)n4)cc3)cc21. The van der Waals surface area contributed by atoms with E-state index in [-0.39, 0.29) is 71.7 Å². The van der Waals surface area contributed by atoms with Crippen LogP contribution in [0.3, 0.4) is 0 Å². The van der Waals surface area contributed by atoms with Gasteiger partial charge in [0.1, 0.15) is 12.3 Å². The van der Waals surface area contributed by atoms with Crippen LogP contribution in [0.25, 0.3) is 28.2 Å². The van der Waals surface area contributed by atoms with Crippen molar-refractivity contribution in [3.8, 4) is 17.1 Å². The predicted molar refractivity (Wildman–Crippen MR) is 226 cm³/mol. The number of imide groups is 1. The Kier molecular flexibility index (Phi) is 14.1. The monoisotopic (exact) mass is 899 g/mol. The lowest BCUT2D eigenvalue weighted by Gasteiger charge is -2.21. The zero-order valence-corrected chi connectivity index (χ0v) is 35.1. The van der Waals surface area contributed by atoms with Gasteiger partial charge in [-0.3, -0.25) is 43.4 Å². The van der Waals surface area contributed by atoms with E-state index in [4.69, 9.17) is 19.6 Å². The standard InChI is InChI=1S/C44H44F3N9O9/c1-54-35-22-26(6-11-33(35)56(43(54)62)34-12-13-37(58)52-41(34)61)4-2-18-63-20-21-64-19-3-5-36(57)27-7-9-30(10-8-27)55-24-31(38(53-55)39(48)59)50-40(60)32-25-65-42(51-32)28-15-17-49-29(23-28)14-16-44(45,46)47/h6-11,15,17,22-25,34H,2-5,12-14,16,18-21H2,1H3,(H2,48,59)(H,50,60)(H,52,58,61). The van der Waals surface area contributed by atoms with Crippen LogP contribution in [-0.2, 0) is 39.0 Å². The number of pyridine rings is 1. The van der Waals surface area contributed by atoms with Crippen LogP contribution in [-0.4, -0.2) is 90.9 Å². The van der Waals surface area contributed by atoms with Crippen molar-refractivity contribution in [1.29, 1.82) is 0 Å². The number of benzene rings is 2. The quantitative estimate of drug-likeness (QED) is 0.0520. The summed E-state index contributed by atoms with van der Waals surface area (Å²) in [4.78, 5) is 83.3. The molecule has 2 aromatic carbocycles. The molecule has 1 fully saturated rings. The van der Waals surface area contributed by atoms with Gasteiger partial charge in [0.05, 0.1) is 41.8 Å². The number of anilines is 1. The minimum absolute atomic E-state index is 0.0263. The highest BCUT2D eigenvalue weighted by atomic mass is 19.4. The summed E-state index contributed by atoms with van der Waals surface area (Å²) in [5.74, 6) is -2.64. The van der Waals surface area contributed by atoms with Crippen LogP contribution in [0.4, 0.5) is 18.9 Å². The molecule has 6 aromatic rings. The van der Waals surface area contributed by atoms with Gasteiger partial charge in [-0.05, 0) is 86.2 Å². The molecule has 5 heterocycles. The van der Waals surface area contributed by atoms with E-state index in [2.05, 4.69) is 25.7 Å². The van der Waals surface area contributed by atoms with Gasteiger partial charge < -0.3 is 24.9 Å². The average molecular weight is 900 g/mol. The average Bonchev–Trinajstić information content (AvgIpc) is 4.01. The molecule has 21 heteroatoms. The molecule has 4 N–H and O–H groups in total. The molecule has 1 unspecified atom stereocenters. The highest BCUT2D eigenvalue weighted by molar-refractivity contribution is 6.07. The molecule has 1 saturated heterocycles. The van der Waals surface area contributed by atoms with Crippen molar-refractivity contribution in [3.05, 3.63) is 112 Å². The Hall–Kier alpha value is -7.26. The van der Waals surface area contributed by atoms with Gasteiger partial charge in [-0.2, -0.15) is 18.3 Å². The number of amides is 4. The highest BCUT2D eigenvalue weighted by Crippen LogP contribution is 2.26. The first-order chi connectivity index (χ1) is 31.1. The Morgan fingerprint density at radius 1 is 0.954 bits per heavy atom. The summed E-state index contributed by atoms with van der Waals surface area (Å²) in [6, 6.07) is 14.3. The number of aromatic nitrogens is 6. The summed E-state index contributed by atoms with van der Waals surface area (Å²) in [5, 5.41) is 9.05. The summed E-state index contributed by atoms with van der Waals surface area (Å²) in [6.45, 7) is 1.58. The fraction of sp³-hybridized carbons (Fsp3) is 0.341. The van der Waals surface area contributed by atoms with Crippen LogP contribution in [0.1, 0.15) is 87.2 Å². The number of alkyl halides is 3. The van der Waals surface area contributed by atoms with Gasteiger partial charge in [-0.15, -0.1) is 0 Å². The zero-order valence-electron chi connectivity index (χ0n) is 35.1. The molecule has 4 amide bonds. The number of fused-ring (bicyclic) bond motifs is 1. The molecule has 7 rings (SSSR count). The topological polar surface area (TPSA) is 238 Å². The van der Waals surface area contributed by atoms with Crippen LogP contribution < -0.4 is 22.1 Å². The molecular formula is C44H44F3N9O9. The van der Waals surface area contributed by atoms with Crippen LogP contribution in [0.2, 0.25) is 0 Å². The number of hydrogen-bond donors (Lipinski definition) is 3. The number of ketones is 1. The number of imidazole rings is 1. The van der Waals surface area contributed by atoms with Crippen LogP contribution in [0.5, 0.6) is 0 Å². The second kappa shape index (κ2) is 20.1. The number of hydrogen-bond acceptors (Lipinski definition) is 12. The third-order valence-electron chi connectivity index (χ3n) is 10.6. The van der Waals surface area contributed by atoms with Gasteiger partial charge in [-0.25, -0.2) is 14.5 Å². The molecule has 65 heavy (non-hydrogen) atoms. The number of oxazole rings is 1. The number of nitrogens with one attached hydrogen (secondary N) is 2. The van der Waals surface area contributed by atoms with Crippen molar-refractivity contribution < 1.29 is 51.0 Å². The van der Waals surface area contributed by atoms with E-state index >= 15 is 0 Å². The van der Waals surface area contributed by atoms with Gasteiger partial charge in [0.15, 0.2) is 17.2 Å². The third-order valence-corrected chi connectivity index (χ3v) is 10.6. The van der Waals surface area contributed by atoms with Gasteiger partial charge in [-0.1, -0.05) is 6.07 Å². The van der Waals surface area contributed by atoms with Crippen molar-refractivity contribution >= 4 is 46.1 Å². The number of carbonyl (C=O) groups excluding carboxylic acids is 5. The van der Waals surface area contributed by atoms with Crippen LogP contribution >= 0.6 is 0 Å². The van der Waals surface area contributed by atoms with Crippen molar-refractivity contribution in [2.45, 2.75) is 63.6 Å². The molecule has 4 aromatic heterocycles. The summed E-state index contributed by atoms with van der Waals surface area (Å²) >= 11 is 0. The minimum atomic E-state index is -4.35. The Labute approximate surface area is 367 Å². The first-order valence-corrected chi connectivity index (χ1v) is 20.7. The number of rotatable bonds is 20. The third kappa shape index (κ3) is 11.3. The van der Waals surface area contributed by atoms with E-state index in [1.54, 1.807) is 31.3 Å². The fourth-order valence-electron chi connectivity index (χ4n) is 7.27. The highest BCUT2D eigenvalue weighted by Gasteiger charge is 2.31. The number of halogens is 3. The maximum atomic E-state index is 13.1. The van der Waals surface area contributed by atoms with Gasteiger partial charge in [0.2, 0.25) is 17.7 Å². The lowest BCUT2D eigenvalue weighted by Crippen LogP contribution is -2.44. The second-order valence-corrected chi connectivity index (χ2v) is 15.2. The molecular weight excluding hydrogens is 856 g/mol. The fourth-order valence-corrected chi connectivity index (χ4v) is 7.27. The van der Waals surface area contributed by atoms with Crippen LogP contribution in [0.15, 0.2) is 82.5 Å². The first kappa shape index (κ1) is 45.8. The number of aryl methyl sites for hydroxylation is 3. The van der Waals surface area contributed by atoms with E-state index in [0.717, 1.165) is 18.2 Å². The number of Topliss-reactive ketones (excluding diaryl/α,β-unsaturated/α-hetero) is 1. The maximum Gasteiger partial charge on any atom is 0.389 e. The smallest absolute Gasteiger partial charge is 0.389 e. The zero-order chi connectivity index (χ0) is 46.3. The number of ether oxygens (including phenoxy) is 2. The Balaban J connectivity index is 0.817. The summed E-state index contributed by atoms with van der Waals surface area (Å²) in [6.07, 6.45) is 0.604. The molecule has 1 aliphatic heterocycles. The minimum Gasteiger partial charge on any atom is -0.444 e. The molecule has 0 bridgehead atoms. The van der Waals surface area contributed by atoms with Crippen molar-refractivity contribution in [2.24, 2.45) is 12.8 Å². The van der Waals surface area contributed by atoms with Crippen molar-refractivity contribution in [1.82, 2.24) is 34.2 Å². The summed E-state index contributed by atoms with van der Waals surface area (Å²) < 4.78 is 59.1. The Morgan fingerprint density at radius 2 is 1.71 bits per heavy atom.